The van der Waals surface area contributed by atoms with E-state index >= 15 is 0 Å². The molecule has 16 heteroatoms. The summed E-state index contributed by atoms with van der Waals surface area (Å²) in [5.74, 6) is -0.655. The molecule has 0 spiro atoms. The molecule has 2 amide bonds. The van der Waals surface area contributed by atoms with E-state index in [1.807, 2.05) is 53.7 Å². The first-order valence-electron chi connectivity index (χ1n) is 19.1. The van der Waals surface area contributed by atoms with E-state index < -0.39 is 11.2 Å². The third-order valence-corrected chi connectivity index (χ3v) is 11.6. The molecule has 6 heterocycles. The molecule has 2 aromatic rings. The smallest absolute Gasteiger partial charge is 0.410 e. The number of hydrogen-bond donors (Lipinski definition) is 0. The first kappa shape index (κ1) is 40.5. The first-order valence-corrected chi connectivity index (χ1v) is 19.8. The summed E-state index contributed by atoms with van der Waals surface area (Å²) >= 11 is 13.1. The van der Waals surface area contributed by atoms with Crippen molar-refractivity contribution in [1.82, 2.24) is 19.6 Å². The van der Waals surface area contributed by atoms with Gasteiger partial charge in [0.2, 0.25) is 0 Å². The maximum atomic E-state index is 12.3. The quantitative estimate of drug-likeness (QED) is 0.260. The lowest BCUT2D eigenvalue weighted by Gasteiger charge is -2.46. The Morgan fingerprint density at radius 3 is 1.39 bits per heavy atom. The number of morpholine rings is 2. The van der Waals surface area contributed by atoms with Gasteiger partial charge in [0.1, 0.15) is 24.4 Å². The van der Waals surface area contributed by atoms with Crippen LogP contribution in [-0.2, 0) is 41.6 Å². The summed E-state index contributed by atoms with van der Waals surface area (Å²) in [7, 11) is 0. The molecule has 304 valence electrons. The van der Waals surface area contributed by atoms with E-state index in [0.29, 0.717) is 73.7 Å². The second-order valence-corrected chi connectivity index (χ2v) is 17.7. The molecule has 4 saturated heterocycles. The fraction of sp³-hybridized carbons (Fsp3) is 0.600. The van der Waals surface area contributed by atoms with Gasteiger partial charge in [-0.3, -0.25) is 9.80 Å². The van der Waals surface area contributed by atoms with Gasteiger partial charge in [0, 0.05) is 74.6 Å². The van der Waals surface area contributed by atoms with E-state index in [1.165, 1.54) is 0 Å². The first-order chi connectivity index (χ1) is 26.5. The number of carbonyl (C=O) groups excluding carboxylic acids is 4. The minimum atomic E-state index is -0.502. The fourth-order valence-corrected chi connectivity index (χ4v) is 8.48. The van der Waals surface area contributed by atoms with Gasteiger partial charge >= 0.3 is 24.1 Å². The van der Waals surface area contributed by atoms with Crippen LogP contribution in [0.3, 0.4) is 0 Å². The molecule has 6 aliphatic heterocycles. The molecular formula is C40H50Cl2N4O10. The van der Waals surface area contributed by atoms with Crippen LogP contribution < -0.4 is 0 Å². The van der Waals surface area contributed by atoms with Crippen LogP contribution in [0.15, 0.2) is 24.3 Å². The molecule has 56 heavy (non-hydrogen) atoms. The molecule has 0 N–H and O–H groups in total. The van der Waals surface area contributed by atoms with Crippen LogP contribution in [0.2, 0.25) is 10.0 Å². The predicted octanol–water partition coefficient (Wildman–Crippen LogP) is 6.01. The number of amides is 2. The van der Waals surface area contributed by atoms with Gasteiger partial charge in [-0.15, -0.1) is 0 Å². The highest BCUT2D eigenvalue weighted by atomic mass is 35.5. The van der Waals surface area contributed by atoms with E-state index in [4.69, 9.17) is 51.6 Å². The number of nitrogens with zero attached hydrogens (tertiary/aromatic N) is 4. The van der Waals surface area contributed by atoms with E-state index in [9.17, 15) is 19.2 Å². The van der Waals surface area contributed by atoms with E-state index in [1.54, 1.807) is 21.9 Å². The third-order valence-electron chi connectivity index (χ3n) is 10.7. The largest absolute Gasteiger partial charge is 0.457 e. The van der Waals surface area contributed by atoms with Crippen molar-refractivity contribution in [3.8, 4) is 0 Å². The number of fused-ring (bicyclic) bond motifs is 4. The zero-order chi connectivity index (χ0) is 40.1. The molecule has 8 rings (SSSR count). The van der Waals surface area contributed by atoms with E-state index in [2.05, 4.69) is 9.80 Å². The molecule has 0 saturated carbocycles. The van der Waals surface area contributed by atoms with Crippen LogP contribution in [0, 0.1) is 0 Å². The molecule has 0 aliphatic carbocycles. The van der Waals surface area contributed by atoms with Crippen LogP contribution in [-0.4, -0.2) is 133 Å². The molecule has 14 nitrogen and oxygen atoms in total. The molecule has 0 bridgehead atoms. The van der Waals surface area contributed by atoms with Crippen molar-refractivity contribution in [2.75, 3.05) is 65.6 Å². The Hall–Kier alpha value is -3.66. The third kappa shape index (κ3) is 8.75. The van der Waals surface area contributed by atoms with E-state index in [-0.39, 0.29) is 61.6 Å². The standard InChI is InChI=1S/2C20H25ClN2O5/c2*1-20(2,3)28-19(25)23-7-6-22-9-16(26-10-12(22)8-23)14-5-4-13-15(17(14)21)11-27-18(13)24/h2*4-5,12,16H,6-11H2,1-3H3/t12-,16+;12-,16-/m00/s1. The summed E-state index contributed by atoms with van der Waals surface area (Å²) in [5, 5.41) is 1.11. The number of halogens is 2. The second-order valence-electron chi connectivity index (χ2n) is 16.9. The van der Waals surface area contributed by atoms with Crippen LogP contribution in [0.1, 0.15) is 96.7 Å². The Morgan fingerprint density at radius 1 is 0.625 bits per heavy atom. The zero-order valence-corrected chi connectivity index (χ0v) is 34.2. The van der Waals surface area contributed by atoms with Crippen LogP contribution in [0.5, 0.6) is 0 Å². The Morgan fingerprint density at radius 2 is 1.02 bits per heavy atom. The number of rotatable bonds is 2. The Kier molecular flexibility index (Phi) is 11.5. The van der Waals surface area contributed by atoms with Gasteiger partial charge in [0.15, 0.2) is 0 Å². The lowest BCUT2D eigenvalue weighted by molar-refractivity contribution is -0.0908. The molecule has 4 fully saturated rings. The summed E-state index contributed by atoms with van der Waals surface area (Å²) < 4.78 is 33.3. The number of esters is 2. The molecule has 0 unspecified atom stereocenters. The summed E-state index contributed by atoms with van der Waals surface area (Å²) in [6, 6.07) is 7.51. The van der Waals surface area contributed by atoms with Gasteiger partial charge in [-0.25, -0.2) is 19.2 Å². The molecule has 2 aromatic carbocycles. The number of cyclic esters (lactones) is 2. The van der Waals surface area contributed by atoms with Gasteiger partial charge in [-0.05, 0) is 53.7 Å². The Bertz CT molecular complexity index is 1750. The molecular weight excluding hydrogens is 767 g/mol. The maximum Gasteiger partial charge on any atom is 0.410 e. The minimum absolute atomic E-state index is 0.135. The highest BCUT2D eigenvalue weighted by Gasteiger charge is 2.40. The van der Waals surface area contributed by atoms with Crippen LogP contribution in [0.25, 0.3) is 0 Å². The van der Waals surface area contributed by atoms with Gasteiger partial charge < -0.3 is 38.2 Å². The van der Waals surface area contributed by atoms with Gasteiger partial charge in [-0.2, -0.15) is 0 Å². The number of hydrogen-bond acceptors (Lipinski definition) is 12. The Balaban J connectivity index is 0.000000172. The summed E-state index contributed by atoms with van der Waals surface area (Å²) in [6.07, 6.45) is -0.892. The second kappa shape index (κ2) is 15.9. The van der Waals surface area contributed by atoms with Crippen LogP contribution >= 0.6 is 23.2 Å². The van der Waals surface area contributed by atoms with Crippen molar-refractivity contribution in [1.29, 1.82) is 0 Å². The lowest BCUT2D eigenvalue weighted by atomic mass is 9.99. The predicted molar refractivity (Wildman–Crippen MR) is 205 cm³/mol. The summed E-state index contributed by atoms with van der Waals surface area (Å²) in [5.41, 5.74) is 3.31. The Labute approximate surface area is 337 Å². The number of benzene rings is 2. The lowest BCUT2D eigenvalue weighted by Crippen LogP contribution is -2.60. The highest BCUT2D eigenvalue weighted by molar-refractivity contribution is 6.33. The normalized spacial score (nSPS) is 25.1. The molecule has 6 aliphatic rings. The zero-order valence-electron chi connectivity index (χ0n) is 32.7. The monoisotopic (exact) mass is 816 g/mol. The fourth-order valence-electron chi connectivity index (χ4n) is 7.80. The average Bonchev–Trinajstić information content (AvgIpc) is 3.72. The summed E-state index contributed by atoms with van der Waals surface area (Å²) in [6.45, 7) is 18.0. The minimum Gasteiger partial charge on any atom is -0.457 e. The molecule has 0 radical (unpaired) electrons. The van der Waals surface area contributed by atoms with Crippen LogP contribution in [0.4, 0.5) is 9.59 Å². The van der Waals surface area contributed by atoms with Crippen molar-refractivity contribution in [2.45, 2.75) is 90.2 Å². The van der Waals surface area contributed by atoms with Crippen molar-refractivity contribution in [3.63, 3.8) is 0 Å². The van der Waals surface area contributed by atoms with Gasteiger partial charge in [0.25, 0.3) is 0 Å². The average molecular weight is 818 g/mol. The SMILES string of the molecule is CC(C)(C)OC(=O)N1CCN2C[C@@H](c3ccc4c(c3Cl)COC4=O)OC[C@@H]2C1.CC(C)(C)OC(=O)N1CCN2C[C@H](c3ccc4c(c3Cl)COC4=O)OC[C@@H]2C1. The summed E-state index contributed by atoms with van der Waals surface area (Å²) in [4.78, 5) is 56.3. The number of carbonyl (C=O) groups is 4. The van der Waals surface area contributed by atoms with Crippen molar-refractivity contribution >= 4 is 47.3 Å². The molecule has 4 atom stereocenters. The highest BCUT2D eigenvalue weighted by Crippen LogP contribution is 2.39. The van der Waals surface area contributed by atoms with E-state index in [0.717, 1.165) is 35.3 Å². The van der Waals surface area contributed by atoms with Crippen molar-refractivity contribution in [3.05, 3.63) is 67.7 Å². The molecule has 0 aromatic heterocycles. The van der Waals surface area contributed by atoms with Crippen molar-refractivity contribution < 1.29 is 47.6 Å². The topological polar surface area (TPSA) is 137 Å². The van der Waals surface area contributed by atoms with Crippen molar-refractivity contribution in [2.24, 2.45) is 0 Å². The van der Waals surface area contributed by atoms with Gasteiger partial charge in [0.05, 0.1) is 58.7 Å². The maximum absolute atomic E-state index is 12.3. The number of piperazine rings is 2. The van der Waals surface area contributed by atoms with Gasteiger partial charge in [-0.1, -0.05) is 35.3 Å². The number of ether oxygens (including phenoxy) is 6.